The third-order valence-electron chi connectivity index (χ3n) is 5.24. The van der Waals surface area contributed by atoms with E-state index in [0.29, 0.717) is 29.6 Å². The minimum atomic E-state index is -3.83. The fourth-order valence-corrected chi connectivity index (χ4v) is 5.09. The van der Waals surface area contributed by atoms with Gasteiger partial charge >= 0.3 is 0 Å². The summed E-state index contributed by atoms with van der Waals surface area (Å²) in [6.07, 6.45) is 1.52. The van der Waals surface area contributed by atoms with E-state index in [1.54, 1.807) is 24.3 Å². The first-order chi connectivity index (χ1) is 14.8. The number of nitro benzene ring substituents is 1. The summed E-state index contributed by atoms with van der Waals surface area (Å²) in [6, 6.07) is 10.5. The van der Waals surface area contributed by atoms with Crippen LogP contribution in [0.4, 0.5) is 5.69 Å². The lowest BCUT2D eigenvalue weighted by atomic mass is 10.0. The van der Waals surface area contributed by atoms with E-state index >= 15 is 0 Å². The number of benzene rings is 2. The number of rotatable bonds is 5. The Morgan fingerprint density at radius 1 is 1.16 bits per heavy atom. The van der Waals surface area contributed by atoms with E-state index in [-0.39, 0.29) is 16.4 Å². The molecule has 0 radical (unpaired) electrons. The van der Waals surface area contributed by atoms with Gasteiger partial charge in [0, 0.05) is 29.7 Å². The monoisotopic (exact) mass is 462 g/mol. The van der Waals surface area contributed by atoms with Gasteiger partial charge in [-0.05, 0) is 48.2 Å². The van der Waals surface area contributed by atoms with Gasteiger partial charge in [0.1, 0.15) is 0 Å². The van der Waals surface area contributed by atoms with Gasteiger partial charge in [-0.15, -0.1) is 15.0 Å². The van der Waals surface area contributed by atoms with Crippen molar-refractivity contribution in [2.24, 2.45) is 5.92 Å². The van der Waals surface area contributed by atoms with E-state index in [1.165, 1.54) is 16.4 Å². The highest BCUT2D eigenvalue weighted by Gasteiger charge is 2.30. The van der Waals surface area contributed by atoms with Crippen LogP contribution >= 0.6 is 11.6 Å². The smallest absolute Gasteiger partial charge is 0.258 e. The number of sulfonamides is 1. The third-order valence-corrected chi connectivity index (χ3v) is 7.37. The zero-order valence-corrected chi connectivity index (χ0v) is 18.1. The van der Waals surface area contributed by atoms with E-state index in [0.717, 1.165) is 23.7 Å². The van der Waals surface area contributed by atoms with Crippen LogP contribution in [0, 0.1) is 16.0 Å². The van der Waals surface area contributed by atoms with Crippen molar-refractivity contribution in [2.45, 2.75) is 24.7 Å². The fraction of sp³-hybridized carbons (Fsp3) is 0.316. The Bertz CT molecular complexity index is 1240. The molecule has 0 amide bonds. The molecule has 1 aliphatic rings. The maximum atomic E-state index is 13.0. The average molecular weight is 463 g/mol. The number of hydrogen-bond donors (Lipinski definition) is 0. The van der Waals surface area contributed by atoms with E-state index in [4.69, 9.17) is 11.6 Å². The maximum absolute atomic E-state index is 13.0. The zero-order valence-electron chi connectivity index (χ0n) is 16.5. The van der Waals surface area contributed by atoms with Crippen LogP contribution in [0.2, 0.25) is 5.02 Å². The van der Waals surface area contributed by atoms with Crippen molar-refractivity contribution in [3.05, 3.63) is 57.6 Å². The van der Waals surface area contributed by atoms with E-state index in [1.807, 2.05) is 0 Å². The number of aromatic nitrogens is 4. The van der Waals surface area contributed by atoms with Crippen molar-refractivity contribution >= 4 is 27.3 Å². The molecule has 10 nitrogen and oxygen atoms in total. The Balaban J connectivity index is 1.70. The largest absolute Gasteiger partial charge is 0.298 e. The van der Waals surface area contributed by atoms with Gasteiger partial charge in [-0.1, -0.05) is 30.7 Å². The molecule has 12 heteroatoms. The molecule has 4 rings (SSSR count). The van der Waals surface area contributed by atoms with E-state index < -0.39 is 20.6 Å². The van der Waals surface area contributed by atoms with Crippen LogP contribution in [-0.2, 0) is 10.0 Å². The van der Waals surface area contributed by atoms with Gasteiger partial charge < -0.3 is 0 Å². The van der Waals surface area contributed by atoms with Crippen LogP contribution in [0.1, 0.15) is 19.8 Å². The molecule has 1 aromatic heterocycles. The highest BCUT2D eigenvalue weighted by Crippen LogP contribution is 2.29. The lowest BCUT2D eigenvalue weighted by molar-refractivity contribution is -0.384. The van der Waals surface area contributed by atoms with Crippen molar-refractivity contribution in [3.63, 3.8) is 0 Å². The second kappa shape index (κ2) is 8.33. The summed E-state index contributed by atoms with van der Waals surface area (Å²) >= 11 is 5.98. The molecule has 0 saturated carbocycles. The number of nitrogens with zero attached hydrogens (tertiary/aromatic N) is 6. The third kappa shape index (κ3) is 4.29. The summed E-state index contributed by atoms with van der Waals surface area (Å²) in [5.74, 6) is 0.686. The molecule has 0 unspecified atom stereocenters. The number of hydrogen-bond acceptors (Lipinski definition) is 7. The van der Waals surface area contributed by atoms with Gasteiger partial charge in [0.15, 0.2) is 5.69 Å². The molecule has 0 atom stereocenters. The van der Waals surface area contributed by atoms with E-state index in [2.05, 4.69) is 22.3 Å². The highest BCUT2D eigenvalue weighted by atomic mass is 35.5. The normalized spacial score (nSPS) is 15.8. The first-order valence-electron chi connectivity index (χ1n) is 9.60. The summed E-state index contributed by atoms with van der Waals surface area (Å²) in [4.78, 5) is 11.9. The molecule has 162 valence electrons. The van der Waals surface area contributed by atoms with Crippen LogP contribution in [0.5, 0.6) is 0 Å². The van der Waals surface area contributed by atoms with Crippen LogP contribution in [-0.4, -0.2) is 50.9 Å². The Morgan fingerprint density at radius 2 is 1.90 bits per heavy atom. The Morgan fingerprint density at radius 3 is 2.58 bits per heavy atom. The predicted octanol–water partition coefficient (Wildman–Crippen LogP) is 3.31. The predicted molar refractivity (Wildman–Crippen MR) is 113 cm³/mol. The zero-order chi connectivity index (χ0) is 22.2. The van der Waals surface area contributed by atoms with Crippen molar-refractivity contribution in [2.75, 3.05) is 13.1 Å². The van der Waals surface area contributed by atoms with E-state index in [9.17, 15) is 18.5 Å². The van der Waals surface area contributed by atoms with Crippen molar-refractivity contribution < 1.29 is 13.3 Å². The van der Waals surface area contributed by atoms with Crippen LogP contribution in [0.25, 0.3) is 17.1 Å². The number of piperidine rings is 1. The van der Waals surface area contributed by atoms with Crippen LogP contribution < -0.4 is 0 Å². The van der Waals surface area contributed by atoms with Crippen molar-refractivity contribution in [3.8, 4) is 17.1 Å². The molecule has 0 bridgehead atoms. The van der Waals surface area contributed by atoms with Gasteiger partial charge in [0.25, 0.3) is 5.69 Å². The second-order valence-corrected chi connectivity index (χ2v) is 9.78. The Hall–Kier alpha value is -2.89. The standard InChI is InChI=1S/C19H19ClN6O4S/c1-13-7-9-24(10-8-13)31(29,30)16-5-6-17(18(12-16)26(27)28)25-22-19(21-23-25)14-3-2-4-15(20)11-14/h2-6,11-13H,7-10H2,1H3. The molecule has 31 heavy (non-hydrogen) atoms. The van der Waals surface area contributed by atoms with Gasteiger partial charge in [0.05, 0.1) is 9.82 Å². The molecule has 3 aromatic rings. The quantitative estimate of drug-likeness (QED) is 0.420. The Labute approximate surface area is 183 Å². The second-order valence-electron chi connectivity index (χ2n) is 7.41. The lowest BCUT2D eigenvalue weighted by Gasteiger charge is -2.29. The number of tetrazole rings is 1. The lowest BCUT2D eigenvalue weighted by Crippen LogP contribution is -2.37. The summed E-state index contributed by atoms with van der Waals surface area (Å²) < 4.78 is 27.3. The van der Waals surface area contributed by atoms with Crippen molar-refractivity contribution in [1.29, 1.82) is 0 Å². The number of nitro groups is 1. The first-order valence-corrected chi connectivity index (χ1v) is 11.4. The SMILES string of the molecule is CC1CCN(S(=O)(=O)c2ccc(-n3nnc(-c4cccc(Cl)c4)n3)c([N+](=O)[O-])c2)CC1. The first kappa shape index (κ1) is 21.3. The van der Waals surface area contributed by atoms with Gasteiger partial charge in [0.2, 0.25) is 15.8 Å². The summed E-state index contributed by atoms with van der Waals surface area (Å²) in [5.41, 5.74) is 0.179. The molecule has 1 saturated heterocycles. The molecular weight excluding hydrogens is 444 g/mol. The molecule has 2 aromatic carbocycles. The minimum absolute atomic E-state index is 0.0111. The maximum Gasteiger partial charge on any atom is 0.298 e. The molecule has 0 spiro atoms. The minimum Gasteiger partial charge on any atom is -0.258 e. The Kier molecular flexibility index (Phi) is 5.73. The molecule has 2 heterocycles. The summed E-state index contributed by atoms with van der Waals surface area (Å²) in [7, 11) is -3.83. The van der Waals surface area contributed by atoms with Gasteiger partial charge in [-0.2, -0.15) is 4.31 Å². The molecule has 1 aliphatic heterocycles. The van der Waals surface area contributed by atoms with Crippen molar-refractivity contribution in [1.82, 2.24) is 24.5 Å². The fourth-order valence-electron chi connectivity index (χ4n) is 3.41. The summed E-state index contributed by atoms with van der Waals surface area (Å²) in [5, 5.41) is 24.2. The molecule has 0 aliphatic carbocycles. The van der Waals surface area contributed by atoms with Crippen LogP contribution in [0.15, 0.2) is 47.4 Å². The summed E-state index contributed by atoms with van der Waals surface area (Å²) in [6.45, 7) is 2.87. The average Bonchev–Trinajstić information content (AvgIpc) is 3.24. The molecular formula is C19H19ClN6O4S. The van der Waals surface area contributed by atoms with Crippen LogP contribution in [0.3, 0.4) is 0 Å². The number of halogens is 1. The topological polar surface area (TPSA) is 124 Å². The van der Waals surface area contributed by atoms with Gasteiger partial charge in [-0.3, -0.25) is 10.1 Å². The van der Waals surface area contributed by atoms with Gasteiger partial charge in [-0.25, -0.2) is 8.42 Å². The molecule has 0 N–H and O–H groups in total. The highest BCUT2D eigenvalue weighted by molar-refractivity contribution is 7.89. The molecule has 1 fully saturated rings.